The van der Waals surface area contributed by atoms with Crippen molar-refractivity contribution in [2.75, 3.05) is 18.0 Å². The van der Waals surface area contributed by atoms with E-state index in [-0.39, 0.29) is 23.4 Å². The summed E-state index contributed by atoms with van der Waals surface area (Å²) in [5, 5.41) is 0. The number of benzene rings is 2. The van der Waals surface area contributed by atoms with Crippen molar-refractivity contribution in [3.63, 3.8) is 0 Å². The number of rotatable bonds is 6. The van der Waals surface area contributed by atoms with Crippen LogP contribution in [0.25, 0.3) is 0 Å². The normalized spacial score (nSPS) is 21.7. The lowest BCUT2D eigenvalue weighted by Crippen LogP contribution is -2.24. The van der Waals surface area contributed by atoms with Gasteiger partial charge in [0.15, 0.2) is 11.6 Å². The third-order valence-electron chi connectivity index (χ3n) is 9.10. The van der Waals surface area contributed by atoms with Crippen molar-refractivity contribution in [1.29, 1.82) is 0 Å². The van der Waals surface area contributed by atoms with E-state index in [0.717, 1.165) is 65.6 Å². The van der Waals surface area contributed by atoms with Crippen LogP contribution < -0.4 is 4.90 Å². The van der Waals surface area contributed by atoms with Crippen molar-refractivity contribution >= 4 is 17.3 Å². The van der Waals surface area contributed by atoms with Crippen LogP contribution >= 0.6 is 0 Å². The molecule has 3 atom stereocenters. The second-order valence-corrected chi connectivity index (χ2v) is 11.9. The smallest absolute Gasteiger partial charge is 0.163 e. The lowest BCUT2D eigenvalue weighted by Gasteiger charge is -2.23. The fraction of sp³-hybridized carbons (Fsp3) is 0.486. The van der Waals surface area contributed by atoms with E-state index in [1.54, 1.807) is 0 Å². The third-order valence-corrected chi connectivity index (χ3v) is 9.10. The highest BCUT2D eigenvalue weighted by Crippen LogP contribution is 2.33. The number of carbonyl (C=O) groups excluding carboxylic acids is 2. The minimum atomic E-state index is 0.131. The van der Waals surface area contributed by atoms with Gasteiger partial charge in [-0.3, -0.25) is 9.59 Å². The van der Waals surface area contributed by atoms with Gasteiger partial charge >= 0.3 is 0 Å². The number of Topliss-reactive ketones (excluding diaryl/α,β-unsaturated/α-hetero) is 2. The Morgan fingerprint density at radius 2 is 1.77 bits per heavy atom. The number of nitrogens with zero attached hydrogens (tertiary/aromatic N) is 3. The number of hydrogen-bond donors (Lipinski definition) is 0. The van der Waals surface area contributed by atoms with Crippen LogP contribution in [0.2, 0.25) is 0 Å². The number of ketones is 2. The molecule has 5 nitrogen and oxygen atoms in total. The average Bonchev–Trinajstić information content (AvgIpc) is 3.24. The number of hydrogen-bond acceptors (Lipinski definition) is 5. The molecule has 1 aliphatic carbocycles. The Bertz CT molecular complexity index is 1330. The summed E-state index contributed by atoms with van der Waals surface area (Å²) in [4.78, 5) is 38.1. The van der Waals surface area contributed by atoms with Crippen LogP contribution in [0.4, 0.5) is 5.69 Å². The highest BCUT2D eigenvalue weighted by atomic mass is 16.1. The Morgan fingerprint density at radius 3 is 2.58 bits per heavy atom. The lowest BCUT2D eigenvalue weighted by molar-refractivity contribution is 0.0971. The van der Waals surface area contributed by atoms with Crippen molar-refractivity contribution in [3.05, 3.63) is 88.5 Å². The van der Waals surface area contributed by atoms with E-state index in [2.05, 4.69) is 48.9 Å². The summed E-state index contributed by atoms with van der Waals surface area (Å²) in [5.74, 6) is 2.27. The molecule has 3 unspecified atom stereocenters. The zero-order valence-electron chi connectivity index (χ0n) is 24.4. The first-order chi connectivity index (χ1) is 19.4. The molecule has 210 valence electrons. The Hall–Kier alpha value is -3.34. The van der Waals surface area contributed by atoms with Crippen LogP contribution in [-0.4, -0.2) is 34.6 Å². The Labute approximate surface area is 239 Å². The molecular formula is C35H43N3O2. The van der Waals surface area contributed by atoms with Gasteiger partial charge < -0.3 is 4.90 Å². The summed E-state index contributed by atoms with van der Waals surface area (Å²) in [6.45, 7) is 8.84. The molecule has 0 amide bonds. The highest BCUT2D eigenvalue weighted by molar-refractivity contribution is 5.97. The molecule has 1 aliphatic heterocycles. The number of aryl methyl sites for hydroxylation is 1. The Kier molecular flexibility index (Phi) is 9.08. The minimum absolute atomic E-state index is 0.131. The van der Waals surface area contributed by atoms with Crippen molar-refractivity contribution < 1.29 is 9.59 Å². The molecule has 1 saturated heterocycles. The van der Waals surface area contributed by atoms with E-state index >= 15 is 0 Å². The van der Waals surface area contributed by atoms with Gasteiger partial charge in [0.05, 0.1) is 5.69 Å². The SMILES string of the molecule is CCC1CCCN(c2ccc(C(=O)CCc3ncc4c(n3)C(C)Cc3ccccc3C(=O)CCC4C)cc2)CC1. The molecule has 5 rings (SSSR count). The maximum Gasteiger partial charge on any atom is 0.163 e. The van der Waals surface area contributed by atoms with Crippen LogP contribution in [0.3, 0.4) is 0 Å². The quantitative estimate of drug-likeness (QED) is 0.301. The first-order valence-corrected chi connectivity index (χ1v) is 15.3. The predicted octanol–water partition coefficient (Wildman–Crippen LogP) is 7.73. The first kappa shape index (κ1) is 28.2. The van der Waals surface area contributed by atoms with Crippen molar-refractivity contribution in [3.8, 4) is 0 Å². The molecule has 0 saturated carbocycles. The van der Waals surface area contributed by atoms with Gasteiger partial charge in [0.25, 0.3) is 0 Å². The summed E-state index contributed by atoms with van der Waals surface area (Å²) in [6.07, 6.45) is 10.00. The second kappa shape index (κ2) is 12.9. The van der Waals surface area contributed by atoms with Gasteiger partial charge in [0.1, 0.15) is 5.82 Å². The Morgan fingerprint density at radius 1 is 0.975 bits per heavy atom. The summed E-state index contributed by atoms with van der Waals surface area (Å²) in [6, 6.07) is 16.2. The summed E-state index contributed by atoms with van der Waals surface area (Å²) in [7, 11) is 0. The molecule has 0 N–H and O–H groups in total. The fourth-order valence-electron chi connectivity index (χ4n) is 6.43. The van der Waals surface area contributed by atoms with Crippen LogP contribution in [-0.2, 0) is 12.8 Å². The van der Waals surface area contributed by atoms with Gasteiger partial charge in [-0.05, 0) is 79.3 Å². The van der Waals surface area contributed by atoms with Gasteiger partial charge in [-0.25, -0.2) is 9.97 Å². The number of aromatic nitrogens is 2. The molecule has 1 fully saturated rings. The van der Waals surface area contributed by atoms with Crippen molar-refractivity contribution in [2.45, 2.75) is 90.4 Å². The highest BCUT2D eigenvalue weighted by Gasteiger charge is 2.24. The van der Waals surface area contributed by atoms with Gasteiger partial charge in [-0.15, -0.1) is 0 Å². The molecule has 40 heavy (non-hydrogen) atoms. The van der Waals surface area contributed by atoms with E-state index in [9.17, 15) is 9.59 Å². The number of carbonyl (C=O) groups is 2. The maximum atomic E-state index is 13.1. The molecule has 2 aromatic carbocycles. The predicted molar refractivity (Wildman–Crippen MR) is 162 cm³/mol. The molecule has 2 heterocycles. The standard InChI is InChI=1S/C35H43N3O2/c1-4-26-8-7-20-38(21-19-26)29-14-12-27(13-15-29)32(39)17-18-34-36-23-31-24(2)11-16-33(40)30-10-6-5-9-28(30)22-25(3)35(31)37-34/h5-6,9-10,12-15,23-26H,4,7-8,11,16-22H2,1-3H3. The lowest BCUT2D eigenvalue weighted by atomic mass is 9.84. The molecule has 5 heteroatoms. The zero-order valence-corrected chi connectivity index (χ0v) is 24.4. The average molecular weight is 538 g/mol. The van der Waals surface area contributed by atoms with Gasteiger partial charge in [-0.2, -0.15) is 0 Å². The summed E-state index contributed by atoms with van der Waals surface area (Å²) >= 11 is 0. The second-order valence-electron chi connectivity index (χ2n) is 11.9. The molecule has 2 aliphatic rings. The first-order valence-electron chi connectivity index (χ1n) is 15.3. The van der Waals surface area contributed by atoms with Crippen molar-refractivity contribution in [2.24, 2.45) is 5.92 Å². The van der Waals surface area contributed by atoms with Crippen molar-refractivity contribution in [1.82, 2.24) is 9.97 Å². The largest absolute Gasteiger partial charge is 0.372 e. The van der Waals surface area contributed by atoms with Gasteiger partial charge in [0, 0.05) is 61.3 Å². The number of fused-ring (bicyclic) bond motifs is 2. The fourth-order valence-corrected chi connectivity index (χ4v) is 6.43. The molecule has 0 bridgehead atoms. The Balaban J connectivity index is 1.26. The topological polar surface area (TPSA) is 63.2 Å². The van der Waals surface area contributed by atoms with E-state index in [1.165, 1.54) is 31.4 Å². The molecule has 0 spiro atoms. The van der Waals surface area contributed by atoms with Crippen LogP contribution in [0, 0.1) is 5.92 Å². The van der Waals surface area contributed by atoms with E-state index < -0.39 is 0 Å². The molecule has 1 aromatic heterocycles. The van der Waals surface area contributed by atoms with Gasteiger partial charge in [-0.1, -0.05) is 51.5 Å². The van der Waals surface area contributed by atoms with E-state index in [0.29, 0.717) is 19.3 Å². The minimum Gasteiger partial charge on any atom is -0.372 e. The maximum absolute atomic E-state index is 13.1. The summed E-state index contributed by atoms with van der Waals surface area (Å²) < 4.78 is 0. The monoisotopic (exact) mass is 537 g/mol. The number of anilines is 1. The third kappa shape index (κ3) is 6.51. The molecule has 0 radical (unpaired) electrons. The van der Waals surface area contributed by atoms with E-state index in [1.807, 2.05) is 36.5 Å². The van der Waals surface area contributed by atoms with Crippen LogP contribution in [0.1, 0.15) is 121 Å². The zero-order chi connectivity index (χ0) is 28.1. The van der Waals surface area contributed by atoms with Crippen LogP contribution in [0.15, 0.2) is 54.7 Å². The van der Waals surface area contributed by atoms with Crippen LogP contribution in [0.5, 0.6) is 0 Å². The summed E-state index contributed by atoms with van der Waals surface area (Å²) in [5.41, 5.74) is 6.09. The molecular weight excluding hydrogens is 494 g/mol. The molecule has 3 aromatic rings. The van der Waals surface area contributed by atoms with E-state index in [4.69, 9.17) is 4.98 Å². The van der Waals surface area contributed by atoms with Gasteiger partial charge in [0.2, 0.25) is 0 Å².